The Kier molecular flexibility index (Phi) is 9.37. The van der Waals surface area contributed by atoms with Crippen molar-refractivity contribution in [2.24, 2.45) is 0 Å². The molecule has 190 valence electrons. The SMILES string of the molecule is C=C/C=C/C.CCn1c2ccccc2c2cc(CNCCN3CCN(c4ccccc4)CC3)ccc21.[HH]. The summed E-state index contributed by atoms with van der Waals surface area (Å²) in [6.07, 6.45) is 5.58. The average Bonchev–Trinajstić information content (AvgIpc) is 3.26. The molecule has 0 atom stereocenters. The highest BCUT2D eigenvalue weighted by Gasteiger charge is 2.16. The van der Waals surface area contributed by atoms with Crippen molar-refractivity contribution in [3.05, 3.63) is 103 Å². The average molecular weight is 483 g/mol. The maximum atomic E-state index is 3.66. The van der Waals surface area contributed by atoms with Gasteiger partial charge in [-0.15, -0.1) is 0 Å². The molecule has 3 aromatic carbocycles. The lowest BCUT2D eigenvalue weighted by Crippen LogP contribution is -2.48. The van der Waals surface area contributed by atoms with E-state index in [-0.39, 0.29) is 1.43 Å². The number of benzene rings is 3. The first kappa shape index (κ1) is 25.7. The minimum Gasteiger partial charge on any atom is -0.369 e. The first-order valence-corrected chi connectivity index (χ1v) is 13.2. The van der Waals surface area contributed by atoms with Gasteiger partial charge in [0, 0.05) is 81.3 Å². The number of allylic oxidation sites excluding steroid dienone is 3. The highest BCUT2D eigenvalue weighted by atomic mass is 15.3. The Morgan fingerprint density at radius 1 is 0.889 bits per heavy atom. The Morgan fingerprint density at radius 3 is 2.31 bits per heavy atom. The van der Waals surface area contributed by atoms with Gasteiger partial charge in [0.05, 0.1) is 0 Å². The Bertz CT molecular complexity index is 1270. The summed E-state index contributed by atoms with van der Waals surface area (Å²) in [4.78, 5) is 5.07. The van der Waals surface area contributed by atoms with Crippen molar-refractivity contribution >= 4 is 27.5 Å². The minimum atomic E-state index is 0. The molecule has 1 aromatic heterocycles. The van der Waals surface area contributed by atoms with Crippen molar-refractivity contribution in [1.82, 2.24) is 14.8 Å². The van der Waals surface area contributed by atoms with E-state index in [0.717, 1.165) is 52.4 Å². The summed E-state index contributed by atoms with van der Waals surface area (Å²) in [5, 5.41) is 6.39. The number of para-hydroxylation sites is 2. The maximum Gasteiger partial charge on any atom is 0.0491 e. The number of hydrogen-bond acceptors (Lipinski definition) is 3. The van der Waals surface area contributed by atoms with E-state index in [0.29, 0.717) is 0 Å². The van der Waals surface area contributed by atoms with E-state index < -0.39 is 0 Å². The second-order valence-corrected chi connectivity index (χ2v) is 9.22. The lowest BCUT2D eigenvalue weighted by atomic mass is 10.1. The fourth-order valence-electron chi connectivity index (χ4n) is 5.03. The van der Waals surface area contributed by atoms with Gasteiger partial charge < -0.3 is 14.8 Å². The fourth-order valence-corrected chi connectivity index (χ4v) is 5.03. The van der Waals surface area contributed by atoms with Crippen LogP contribution in [0.25, 0.3) is 21.8 Å². The van der Waals surface area contributed by atoms with Crippen molar-refractivity contribution in [2.75, 3.05) is 44.2 Å². The van der Waals surface area contributed by atoms with Gasteiger partial charge >= 0.3 is 0 Å². The van der Waals surface area contributed by atoms with E-state index in [2.05, 4.69) is 106 Å². The van der Waals surface area contributed by atoms with Crippen molar-refractivity contribution in [3.63, 3.8) is 0 Å². The van der Waals surface area contributed by atoms with Crippen LogP contribution in [-0.2, 0) is 13.1 Å². The summed E-state index contributed by atoms with van der Waals surface area (Å²) in [6.45, 7) is 16.2. The monoisotopic (exact) mass is 482 g/mol. The van der Waals surface area contributed by atoms with Gasteiger partial charge in [-0.1, -0.05) is 67.3 Å². The number of hydrogen-bond donors (Lipinski definition) is 1. The topological polar surface area (TPSA) is 23.4 Å². The van der Waals surface area contributed by atoms with E-state index in [1.54, 1.807) is 6.08 Å². The quantitative estimate of drug-likeness (QED) is 0.223. The molecular weight excluding hydrogens is 440 g/mol. The Balaban J connectivity index is 0.000000581. The second-order valence-electron chi connectivity index (χ2n) is 9.22. The molecule has 1 saturated heterocycles. The minimum absolute atomic E-state index is 0. The van der Waals surface area contributed by atoms with E-state index in [9.17, 15) is 0 Å². The van der Waals surface area contributed by atoms with Gasteiger partial charge in [-0.05, 0) is 49.7 Å². The molecule has 0 radical (unpaired) electrons. The normalized spacial score (nSPS) is 14.3. The van der Waals surface area contributed by atoms with Crippen LogP contribution in [0.3, 0.4) is 0 Å². The molecule has 1 aliphatic heterocycles. The zero-order valence-electron chi connectivity index (χ0n) is 21.9. The molecule has 5 rings (SSSR count). The van der Waals surface area contributed by atoms with Crippen LogP contribution in [0.5, 0.6) is 0 Å². The van der Waals surface area contributed by atoms with E-state index in [1.807, 2.05) is 19.1 Å². The largest absolute Gasteiger partial charge is 0.369 e. The highest BCUT2D eigenvalue weighted by Crippen LogP contribution is 2.29. The third-order valence-electron chi connectivity index (χ3n) is 6.91. The number of piperazine rings is 1. The number of nitrogens with zero attached hydrogens (tertiary/aromatic N) is 3. The number of aryl methyl sites for hydroxylation is 1. The van der Waals surface area contributed by atoms with Gasteiger partial charge in [0.1, 0.15) is 0 Å². The van der Waals surface area contributed by atoms with E-state index in [4.69, 9.17) is 0 Å². The number of aromatic nitrogens is 1. The smallest absolute Gasteiger partial charge is 0.0491 e. The van der Waals surface area contributed by atoms with Crippen LogP contribution in [0.4, 0.5) is 5.69 Å². The Morgan fingerprint density at radius 2 is 1.61 bits per heavy atom. The Labute approximate surface area is 218 Å². The van der Waals surface area contributed by atoms with Gasteiger partial charge in [-0.2, -0.15) is 0 Å². The zero-order chi connectivity index (χ0) is 25.2. The predicted octanol–water partition coefficient (Wildman–Crippen LogP) is 6.72. The molecule has 1 fully saturated rings. The molecule has 4 aromatic rings. The third-order valence-corrected chi connectivity index (χ3v) is 6.91. The van der Waals surface area contributed by atoms with Crippen LogP contribution in [0.2, 0.25) is 0 Å². The molecule has 0 saturated carbocycles. The lowest BCUT2D eigenvalue weighted by Gasteiger charge is -2.36. The molecule has 1 aliphatic rings. The van der Waals surface area contributed by atoms with Crippen LogP contribution in [0.15, 0.2) is 97.6 Å². The van der Waals surface area contributed by atoms with Crippen LogP contribution < -0.4 is 10.2 Å². The standard InChI is InChI=1S/C27H32N4.C5H8.H2/c1-2-31-26-11-7-6-10-24(26)25-20-22(12-13-27(25)31)21-28-14-15-29-16-18-30(19-17-29)23-8-4-3-5-9-23;1-3-5-4-2;/h3-13,20,28H,2,14-19,21H2,1H3;3-5H,1H2,2H3;1H/b;5-4+;. The van der Waals surface area contributed by atoms with Crippen molar-refractivity contribution in [2.45, 2.75) is 26.9 Å². The third kappa shape index (κ3) is 6.26. The summed E-state index contributed by atoms with van der Waals surface area (Å²) in [7, 11) is 0. The second kappa shape index (κ2) is 13.1. The van der Waals surface area contributed by atoms with Crippen LogP contribution in [0, 0.1) is 0 Å². The van der Waals surface area contributed by atoms with Gasteiger partial charge in [0.15, 0.2) is 0 Å². The summed E-state index contributed by atoms with van der Waals surface area (Å²) in [5.74, 6) is 0. The molecule has 0 amide bonds. The van der Waals surface area contributed by atoms with Gasteiger partial charge in [0.25, 0.3) is 0 Å². The van der Waals surface area contributed by atoms with E-state index >= 15 is 0 Å². The Hall–Kier alpha value is -3.34. The van der Waals surface area contributed by atoms with Gasteiger partial charge in [-0.25, -0.2) is 0 Å². The van der Waals surface area contributed by atoms with Crippen LogP contribution in [-0.4, -0.2) is 48.7 Å². The number of rotatable bonds is 8. The van der Waals surface area contributed by atoms with E-state index in [1.165, 1.54) is 33.1 Å². The van der Waals surface area contributed by atoms with Crippen LogP contribution >= 0.6 is 0 Å². The molecular formula is C32H42N4. The molecule has 4 nitrogen and oxygen atoms in total. The van der Waals surface area contributed by atoms with Crippen LogP contribution in [0.1, 0.15) is 20.8 Å². The number of nitrogens with one attached hydrogen (secondary N) is 1. The molecule has 1 N–H and O–H groups in total. The molecule has 36 heavy (non-hydrogen) atoms. The first-order valence-electron chi connectivity index (χ1n) is 13.2. The van der Waals surface area contributed by atoms with Gasteiger partial charge in [-0.3, -0.25) is 4.90 Å². The summed E-state index contributed by atoms with van der Waals surface area (Å²) >= 11 is 0. The van der Waals surface area contributed by atoms with Crippen molar-refractivity contribution in [1.29, 1.82) is 0 Å². The maximum absolute atomic E-state index is 3.66. The lowest BCUT2D eigenvalue weighted by molar-refractivity contribution is 0.257. The first-order chi connectivity index (χ1) is 17.7. The summed E-state index contributed by atoms with van der Waals surface area (Å²) < 4.78 is 2.41. The number of fused-ring (bicyclic) bond motifs is 3. The predicted molar refractivity (Wildman–Crippen MR) is 159 cm³/mol. The fraction of sp³-hybridized carbons (Fsp3) is 0.312. The zero-order valence-corrected chi connectivity index (χ0v) is 21.9. The summed E-state index contributed by atoms with van der Waals surface area (Å²) in [5.41, 5.74) is 5.38. The highest BCUT2D eigenvalue weighted by molar-refractivity contribution is 6.08. The molecule has 0 bridgehead atoms. The molecule has 4 heteroatoms. The molecule has 2 heterocycles. The summed E-state index contributed by atoms with van der Waals surface area (Å²) in [6, 6.07) is 26.5. The van der Waals surface area contributed by atoms with Crippen molar-refractivity contribution < 1.29 is 1.43 Å². The molecule has 0 aliphatic carbocycles. The van der Waals surface area contributed by atoms with Gasteiger partial charge in [0.2, 0.25) is 0 Å². The van der Waals surface area contributed by atoms with Crippen molar-refractivity contribution in [3.8, 4) is 0 Å². The molecule has 0 unspecified atom stereocenters. The number of anilines is 1. The molecule has 0 spiro atoms.